The van der Waals surface area contributed by atoms with E-state index < -0.39 is 10.0 Å². The number of rotatable bonds is 7. The van der Waals surface area contributed by atoms with Crippen molar-refractivity contribution in [1.29, 1.82) is 0 Å². The number of benzene rings is 2. The zero-order valence-corrected chi connectivity index (χ0v) is 18.7. The quantitative estimate of drug-likeness (QED) is 0.687. The maximum Gasteiger partial charge on any atom is 0.262 e. The summed E-state index contributed by atoms with van der Waals surface area (Å²) in [6.07, 6.45) is 2.15. The Hall–Kier alpha value is -2.87. The molecule has 2 aromatic carbocycles. The number of hydrogen-bond donors (Lipinski definition) is 2. The van der Waals surface area contributed by atoms with Gasteiger partial charge in [-0.1, -0.05) is 31.2 Å². The molecule has 2 N–H and O–H groups in total. The molecule has 0 aliphatic carbocycles. The Morgan fingerprint density at radius 3 is 2.45 bits per heavy atom. The van der Waals surface area contributed by atoms with Crippen molar-refractivity contribution in [3.8, 4) is 0 Å². The van der Waals surface area contributed by atoms with Gasteiger partial charge in [0.1, 0.15) is 0 Å². The highest BCUT2D eigenvalue weighted by Gasteiger charge is 2.28. The maximum atomic E-state index is 12.9. The summed E-state index contributed by atoms with van der Waals surface area (Å²) in [6, 6.07) is 13.3. The first kappa shape index (κ1) is 22.8. The fraction of sp³-hybridized carbons (Fsp3) is 0.391. The highest BCUT2D eigenvalue weighted by Crippen LogP contribution is 2.23. The number of carbonyl (C=O) groups is 2. The summed E-state index contributed by atoms with van der Waals surface area (Å²) < 4.78 is 28.0. The van der Waals surface area contributed by atoms with Gasteiger partial charge in [0.05, 0.1) is 4.90 Å². The minimum atomic E-state index is -3.76. The Morgan fingerprint density at radius 2 is 1.77 bits per heavy atom. The molecule has 166 valence electrons. The molecule has 1 heterocycles. The first-order chi connectivity index (χ1) is 14.8. The summed E-state index contributed by atoms with van der Waals surface area (Å²) in [5, 5.41) is 2.92. The Kier molecular flexibility index (Phi) is 7.33. The van der Waals surface area contributed by atoms with Gasteiger partial charge in [-0.15, -0.1) is 0 Å². The molecule has 1 aliphatic rings. The molecular weight excluding hydrogens is 414 g/mol. The number of anilines is 1. The van der Waals surface area contributed by atoms with Gasteiger partial charge in [0.2, 0.25) is 5.91 Å². The number of aryl methyl sites for hydroxylation is 1. The number of nitrogens with one attached hydrogen (secondary N) is 2. The Labute approximate surface area is 183 Å². The third-order valence-electron chi connectivity index (χ3n) is 5.45. The summed E-state index contributed by atoms with van der Waals surface area (Å²) in [5.74, 6) is -0.172. The normalized spacial score (nSPS) is 14.8. The lowest BCUT2D eigenvalue weighted by atomic mass is 9.95. The van der Waals surface area contributed by atoms with Crippen molar-refractivity contribution in [1.82, 2.24) is 10.2 Å². The van der Waals surface area contributed by atoms with Crippen molar-refractivity contribution in [3.05, 3.63) is 59.7 Å². The van der Waals surface area contributed by atoms with Gasteiger partial charge in [-0.25, -0.2) is 8.42 Å². The molecule has 0 unspecified atom stereocenters. The molecule has 2 aromatic rings. The first-order valence-corrected chi connectivity index (χ1v) is 12.1. The number of likely N-dealkylation sites (tertiary alicyclic amines) is 1. The largest absolute Gasteiger partial charge is 0.356 e. The average molecular weight is 444 g/mol. The van der Waals surface area contributed by atoms with Gasteiger partial charge in [0, 0.05) is 36.8 Å². The number of amides is 2. The molecule has 0 saturated carbocycles. The summed E-state index contributed by atoms with van der Waals surface area (Å²) in [6.45, 7) is 5.42. The molecule has 0 spiro atoms. The smallest absolute Gasteiger partial charge is 0.262 e. The van der Waals surface area contributed by atoms with Crippen LogP contribution in [0.3, 0.4) is 0 Å². The van der Waals surface area contributed by atoms with E-state index in [1.165, 1.54) is 0 Å². The van der Waals surface area contributed by atoms with Gasteiger partial charge >= 0.3 is 0 Å². The lowest BCUT2D eigenvalue weighted by molar-refractivity contribution is -0.126. The number of nitrogens with zero attached hydrogens (tertiary/aromatic N) is 1. The third kappa shape index (κ3) is 5.64. The zero-order valence-electron chi connectivity index (χ0n) is 17.9. The number of sulfonamides is 1. The molecule has 2 amide bonds. The van der Waals surface area contributed by atoms with E-state index in [2.05, 4.69) is 10.0 Å². The van der Waals surface area contributed by atoms with E-state index in [0.717, 1.165) is 6.42 Å². The van der Waals surface area contributed by atoms with Crippen LogP contribution in [-0.4, -0.2) is 44.8 Å². The van der Waals surface area contributed by atoms with Gasteiger partial charge in [0.25, 0.3) is 15.9 Å². The van der Waals surface area contributed by atoms with Crippen molar-refractivity contribution in [3.63, 3.8) is 0 Å². The Balaban J connectivity index is 1.66. The van der Waals surface area contributed by atoms with E-state index in [1.807, 2.05) is 6.92 Å². The van der Waals surface area contributed by atoms with Crippen LogP contribution in [0.5, 0.6) is 0 Å². The van der Waals surface area contributed by atoms with E-state index in [1.54, 1.807) is 60.4 Å². The van der Waals surface area contributed by atoms with Crippen LogP contribution in [-0.2, 0) is 14.8 Å². The van der Waals surface area contributed by atoms with E-state index in [9.17, 15) is 18.0 Å². The second-order valence-corrected chi connectivity index (χ2v) is 9.46. The van der Waals surface area contributed by atoms with Gasteiger partial charge in [-0.05, 0) is 56.0 Å². The summed E-state index contributed by atoms with van der Waals surface area (Å²) in [7, 11) is -3.76. The van der Waals surface area contributed by atoms with E-state index >= 15 is 0 Å². The lowest BCUT2D eigenvalue weighted by Gasteiger charge is -2.31. The topological polar surface area (TPSA) is 95.6 Å². The Morgan fingerprint density at radius 1 is 1.06 bits per heavy atom. The number of hydrogen-bond acceptors (Lipinski definition) is 4. The zero-order chi connectivity index (χ0) is 22.4. The molecule has 3 rings (SSSR count). The van der Waals surface area contributed by atoms with Crippen LogP contribution in [0.4, 0.5) is 5.69 Å². The minimum absolute atomic E-state index is 0.0570. The molecule has 1 fully saturated rings. The molecule has 0 atom stereocenters. The van der Waals surface area contributed by atoms with Crippen molar-refractivity contribution in [2.45, 2.75) is 38.0 Å². The van der Waals surface area contributed by atoms with E-state index in [-0.39, 0.29) is 22.6 Å². The van der Waals surface area contributed by atoms with Crippen molar-refractivity contribution < 1.29 is 18.0 Å². The summed E-state index contributed by atoms with van der Waals surface area (Å²) in [4.78, 5) is 27.0. The van der Waals surface area contributed by atoms with Crippen LogP contribution in [0.2, 0.25) is 0 Å². The van der Waals surface area contributed by atoms with Crippen molar-refractivity contribution in [2.24, 2.45) is 5.92 Å². The third-order valence-corrected chi connectivity index (χ3v) is 6.99. The van der Waals surface area contributed by atoms with Crippen LogP contribution in [0.25, 0.3) is 0 Å². The molecule has 0 aromatic heterocycles. The highest BCUT2D eigenvalue weighted by atomic mass is 32.2. The Bertz CT molecular complexity index is 1040. The van der Waals surface area contributed by atoms with Gasteiger partial charge in [-0.2, -0.15) is 0 Å². The van der Waals surface area contributed by atoms with E-state index in [4.69, 9.17) is 0 Å². The number of piperidine rings is 1. The fourth-order valence-corrected chi connectivity index (χ4v) is 5.00. The van der Waals surface area contributed by atoms with Crippen LogP contribution < -0.4 is 10.0 Å². The van der Waals surface area contributed by atoms with Gasteiger partial charge in [0.15, 0.2) is 0 Å². The second-order valence-electron chi connectivity index (χ2n) is 7.81. The molecule has 8 heteroatoms. The van der Waals surface area contributed by atoms with Crippen LogP contribution in [0.15, 0.2) is 53.4 Å². The maximum absolute atomic E-state index is 12.9. The molecule has 0 radical (unpaired) electrons. The molecule has 1 aliphatic heterocycles. The second kappa shape index (κ2) is 9.96. The first-order valence-electron chi connectivity index (χ1n) is 10.6. The predicted octanol–water partition coefficient (Wildman–Crippen LogP) is 3.17. The predicted molar refractivity (Wildman–Crippen MR) is 120 cm³/mol. The van der Waals surface area contributed by atoms with Gasteiger partial charge in [-0.3, -0.25) is 14.3 Å². The van der Waals surface area contributed by atoms with Crippen LogP contribution in [0.1, 0.15) is 42.1 Å². The fourth-order valence-electron chi connectivity index (χ4n) is 3.70. The van der Waals surface area contributed by atoms with Crippen LogP contribution >= 0.6 is 0 Å². The monoisotopic (exact) mass is 443 g/mol. The molecule has 31 heavy (non-hydrogen) atoms. The van der Waals surface area contributed by atoms with Crippen molar-refractivity contribution in [2.75, 3.05) is 24.4 Å². The van der Waals surface area contributed by atoms with Gasteiger partial charge < -0.3 is 10.2 Å². The highest BCUT2D eigenvalue weighted by molar-refractivity contribution is 7.92. The van der Waals surface area contributed by atoms with Crippen molar-refractivity contribution >= 4 is 27.5 Å². The molecule has 0 bridgehead atoms. The molecule has 7 nitrogen and oxygen atoms in total. The lowest BCUT2D eigenvalue weighted by Crippen LogP contribution is -2.43. The minimum Gasteiger partial charge on any atom is -0.356 e. The standard InChI is InChI=1S/C23H29N3O4S/c1-3-13-24-22(27)18-11-14-26(15-12-18)23(28)19-8-6-9-20(16-19)25-31(29,30)21-10-5-4-7-17(21)2/h4-10,16,18,25H,3,11-15H2,1-2H3,(H,24,27). The summed E-state index contributed by atoms with van der Waals surface area (Å²) >= 11 is 0. The average Bonchev–Trinajstić information content (AvgIpc) is 2.77. The van der Waals surface area contributed by atoms with E-state index in [0.29, 0.717) is 49.3 Å². The van der Waals surface area contributed by atoms with Crippen LogP contribution in [0, 0.1) is 12.8 Å². The molecular formula is C23H29N3O4S. The SMILES string of the molecule is CCCNC(=O)C1CCN(C(=O)c2cccc(NS(=O)(=O)c3ccccc3C)c2)CC1. The number of carbonyl (C=O) groups excluding carboxylic acids is 2. The summed E-state index contributed by atoms with van der Waals surface area (Å²) in [5.41, 5.74) is 1.40. The molecule has 1 saturated heterocycles.